The molecule has 1 amide bonds. The lowest BCUT2D eigenvalue weighted by Crippen LogP contribution is -2.35. The summed E-state index contributed by atoms with van der Waals surface area (Å²) in [6.45, 7) is 6.69. The Balaban J connectivity index is 2.15. The first-order valence-electron chi connectivity index (χ1n) is 11.2. The van der Waals surface area contributed by atoms with Gasteiger partial charge in [-0.05, 0) is 62.5 Å². The van der Waals surface area contributed by atoms with Gasteiger partial charge in [-0.25, -0.2) is 0 Å². The molecule has 0 aliphatic carbocycles. The van der Waals surface area contributed by atoms with E-state index in [0.717, 1.165) is 5.56 Å². The molecule has 1 aliphatic heterocycles. The van der Waals surface area contributed by atoms with Gasteiger partial charge in [0.25, 0.3) is 11.7 Å². The van der Waals surface area contributed by atoms with Crippen molar-refractivity contribution in [3.8, 4) is 17.2 Å². The molecule has 1 heterocycles. The van der Waals surface area contributed by atoms with Gasteiger partial charge < -0.3 is 29.1 Å². The smallest absolute Gasteiger partial charge is 0.295 e. The largest absolute Gasteiger partial charge is 0.507 e. The zero-order valence-corrected chi connectivity index (χ0v) is 20.8. The van der Waals surface area contributed by atoms with Crippen molar-refractivity contribution >= 4 is 17.4 Å². The number of ether oxygens (including phenoxy) is 3. The molecule has 2 aromatic carbocycles. The summed E-state index contributed by atoms with van der Waals surface area (Å²) >= 11 is 0. The first-order chi connectivity index (χ1) is 16.7. The SMILES string of the molecule is C=CCOc1ccc(/C(O)=C2/C(=O)C(=O)N(CCN(C)C)C2c2ccc(OC)c(OC)c2)cc1C. The lowest BCUT2D eigenvalue weighted by Gasteiger charge is -2.27. The van der Waals surface area contributed by atoms with Gasteiger partial charge in [0.1, 0.15) is 18.1 Å². The molecule has 1 unspecified atom stereocenters. The molecule has 0 saturated carbocycles. The number of amides is 1. The highest BCUT2D eigenvalue weighted by Crippen LogP contribution is 2.42. The van der Waals surface area contributed by atoms with E-state index in [4.69, 9.17) is 14.2 Å². The Bertz CT molecular complexity index is 1150. The van der Waals surface area contributed by atoms with Crippen molar-refractivity contribution < 1.29 is 28.9 Å². The number of hydrogen-bond acceptors (Lipinski definition) is 7. The number of ketones is 1. The van der Waals surface area contributed by atoms with Gasteiger partial charge in [0.15, 0.2) is 11.5 Å². The highest BCUT2D eigenvalue weighted by atomic mass is 16.5. The number of likely N-dealkylation sites (tertiary alicyclic amines) is 1. The van der Waals surface area contributed by atoms with Crippen LogP contribution in [0.25, 0.3) is 5.76 Å². The molecule has 1 saturated heterocycles. The number of likely N-dealkylation sites (N-methyl/N-ethyl adjacent to an activating group) is 1. The molecule has 8 heteroatoms. The van der Waals surface area contributed by atoms with E-state index in [1.54, 1.807) is 42.5 Å². The summed E-state index contributed by atoms with van der Waals surface area (Å²) < 4.78 is 16.4. The van der Waals surface area contributed by atoms with Crippen LogP contribution in [0.5, 0.6) is 17.2 Å². The standard InChI is InChI=1S/C27H32N2O6/c1-7-14-35-20-10-9-19(15-17(20)2)25(30)23-24(18-8-11-21(33-5)22(16-18)34-6)29(13-12-28(3)4)27(32)26(23)31/h7-11,15-16,24,30H,1,12-14H2,2-6H3/b25-23-. The van der Waals surface area contributed by atoms with Crippen molar-refractivity contribution in [1.82, 2.24) is 9.80 Å². The quantitative estimate of drug-likeness (QED) is 0.241. The van der Waals surface area contributed by atoms with Gasteiger partial charge in [0.2, 0.25) is 0 Å². The third-order valence-corrected chi connectivity index (χ3v) is 5.86. The van der Waals surface area contributed by atoms with Gasteiger partial charge in [-0.2, -0.15) is 0 Å². The molecule has 3 rings (SSSR count). The molecule has 1 N–H and O–H groups in total. The maximum absolute atomic E-state index is 13.2. The molecule has 2 aromatic rings. The van der Waals surface area contributed by atoms with Crippen molar-refractivity contribution in [2.75, 3.05) is 48.0 Å². The van der Waals surface area contributed by atoms with Crippen LogP contribution < -0.4 is 14.2 Å². The van der Waals surface area contributed by atoms with Crippen LogP contribution >= 0.6 is 0 Å². The van der Waals surface area contributed by atoms with Crippen LogP contribution in [0.15, 0.2) is 54.6 Å². The van der Waals surface area contributed by atoms with E-state index in [-0.39, 0.29) is 11.3 Å². The van der Waals surface area contributed by atoms with Gasteiger partial charge in [-0.1, -0.05) is 18.7 Å². The summed E-state index contributed by atoms with van der Waals surface area (Å²) in [5, 5.41) is 11.3. The van der Waals surface area contributed by atoms with Gasteiger partial charge in [0.05, 0.1) is 25.8 Å². The van der Waals surface area contributed by atoms with Crippen LogP contribution in [-0.4, -0.2) is 74.6 Å². The van der Waals surface area contributed by atoms with E-state index in [9.17, 15) is 14.7 Å². The number of carbonyl (C=O) groups excluding carboxylic acids is 2. The molecule has 0 bridgehead atoms. The molecular weight excluding hydrogens is 448 g/mol. The third-order valence-electron chi connectivity index (χ3n) is 5.86. The number of aliphatic hydroxyl groups excluding tert-OH is 1. The van der Waals surface area contributed by atoms with E-state index in [2.05, 4.69) is 6.58 Å². The second kappa shape index (κ2) is 11.1. The number of Topliss-reactive ketones (excluding diaryl/α,β-unsaturated/α-hetero) is 1. The van der Waals surface area contributed by atoms with Crippen molar-refractivity contribution in [2.24, 2.45) is 0 Å². The summed E-state index contributed by atoms with van der Waals surface area (Å²) in [6, 6.07) is 9.55. The van der Waals surface area contributed by atoms with Crippen LogP contribution in [0.1, 0.15) is 22.7 Å². The molecule has 1 atom stereocenters. The number of carbonyl (C=O) groups is 2. The topological polar surface area (TPSA) is 88.5 Å². The number of hydrogen-bond donors (Lipinski definition) is 1. The lowest BCUT2D eigenvalue weighted by molar-refractivity contribution is -0.140. The van der Waals surface area contributed by atoms with Crippen LogP contribution in [-0.2, 0) is 9.59 Å². The minimum absolute atomic E-state index is 0.0279. The van der Waals surface area contributed by atoms with Crippen molar-refractivity contribution in [3.63, 3.8) is 0 Å². The molecule has 8 nitrogen and oxygen atoms in total. The number of benzene rings is 2. The Morgan fingerprint density at radius 3 is 2.37 bits per heavy atom. The molecule has 1 aliphatic rings. The summed E-state index contributed by atoms with van der Waals surface area (Å²) in [7, 11) is 6.83. The molecular formula is C27H32N2O6. The average molecular weight is 481 g/mol. The molecule has 1 fully saturated rings. The predicted octanol–water partition coefficient (Wildman–Crippen LogP) is 3.56. The summed E-state index contributed by atoms with van der Waals surface area (Å²) in [4.78, 5) is 29.7. The molecule has 186 valence electrons. The second-order valence-electron chi connectivity index (χ2n) is 8.49. The normalized spacial score (nSPS) is 17.1. The predicted molar refractivity (Wildman–Crippen MR) is 134 cm³/mol. The summed E-state index contributed by atoms with van der Waals surface area (Å²) in [6.07, 6.45) is 1.64. The van der Waals surface area contributed by atoms with Crippen molar-refractivity contribution in [2.45, 2.75) is 13.0 Å². The molecule has 35 heavy (non-hydrogen) atoms. The van der Waals surface area contributed by atoms with E-state index < -0.39 is 17.7 Å². The van der Waals surface area contributed by atoms with E-state index in [1.165, 1.54) is 19.1 Å². The Morgan fingerprint density at radius 2 is 1.77 bits per heavy atom. The summed E-state index contributed by atoms with van der Waals surface area (Å²) in [5.74, 6) is -0.00491. The number of aryl methyl sites for hydroxylation is 1. The zero-order valence-electron chi connectivity index (χ0n) is 20.8. The fourth-order valence-electron chi connectivity index (χ4n) is 4.05. The number of methoxy groups -OCH3 is 2. The number of nitrogens with zero attached hydrogens (tertiary/aromatic N) is 2. The van der Waals surface area contributed by atoms with Gasteiger partial charge >= 0.3 is 0 Å². The van der Waals surface area contributed by atoms with Gasteiger partial charge in [-0.15, -0.1) is 0 Å². The van der Waals surface area contributed by atoms with Crippen LogP contribution in [0.3, 0.4) is 0 Å². The second-order valence-corrected chi connectivity index (χ2v) is 8.49. The van der Waals surface area contributed by atoms with Crippen molar-refractivity contribution in [1.29, 1.82) is 0 Å². The summed E-state index contributed by atoms with van der Waals surface area (Å²) in [5.41, 5.74) is 1.86. The highest BCUT2D eigenvalue weighted by Gasteiger charge is 2.46. The maximum Gasteiger partial charge on any atom is 0.295 e. The number of rotatable bonds is 10. The molecule has 0 spiro atoms. The molecule has 0 aromatic heterocycles. The fourth-order valence-corrected chi connectivity index (χ4v) is 4.05. The minimum atomic E-state index is -0.785. The van der Waals surface area contributed by atoms with E-state index >= 15 is 0 Å². The van der Waals surface area contributed by atoms with Gasteiger partial charge in [-0.3, -0.25) is 9.59 Å². The zero-order chi connectivity index (χ0) is 25.7. The first-order valence-corrected chi connectivity index (χ1v) is 11.2. The van der Waals surface area contributed by atoms with Gasteiger partial charge in [0, 0.05) is 18.7 Å². The highest BCUT2D eigenvalue weighted by molar-refractivity contribution is 6.46. The van der Waals surface area contributed by atoms with Crippen LogP contribution in [0, 0.1) is 6.92 Å². The number of aliphatic hydroxyl groups is 1. The van der Waals surface area contributed by atoms with Crippen LogP contribution in [0.4, 0.5) is 0 Å². The monoisotopic (exact) mass is 480 g/mol. The Morgan fingerprint density at radius 1 is 1.09 bits per heavy atom. The maximum atomic E-state index is 13.2. The average Bonchev–Trinajstić information content (AvgIpc) is 3.10. The van der Waals surface area contributed by atoms with Crippen LogP contribution in [0.2, 0.25) is 0 Å². The Hall–Kier alpha value is -3.78. The molecule has 0 radical (unpaired) electrons. The van der Waals surface area contributed by atoms with E-state index in [1.807, 2.05) is 25.9 Å². The minimum Gasteiger partial charge on any atom is -0.507 e. The van der Waals surface area contributed by atoms with Crippen molar-refractivity contribution in [3.05, 3.63) is 71.3 Å². The first kappa shape index (κ1) is 25.8. The third kappa shape index (κ3) is 5.33. The van der Waals surface area contributed by atoms with E-state index in [0.29, 0.717) is 48.1 Å². The Labute approximate surface area is 206 Å². The lowest BCUT2D eigenvalue weighted by atomic mass is 9.94. The Kier molecular flexibility index (Phi) is 8.19. The fraction of sp³-hybridized carbons (Fsp3) is 0.333.